The summed E-state index contributed by atoms with van der Waals surface area (Å²) in [5, 5.41) is 13.0. The van der Waals surface area contributed by atoms with Crippen LogP contribution in [0.5, 0.6) is 5.75 Å². The number of nitrogens with two attached hydrogens (primary N) is 1. The standard InChI is InChI=1S/C22H26N4O3/c1-29-19-9-5-8-17(10-19)21(27)12-24-22(28)20(23)11-18-14-26(15-25-18)13-16-6-3-2-4-7-16/h2-10,14-15,20-21,27H,11-13,23H2,1H3,(H,24,28)/t20-,21?/m0/s1. The molecule has 0 saturated carbocycles. The number of imidazole rings is 1. The van der Waals surface area contributed by atoms with Crippen molar-refractivity contribution >= 4 is 5.91 Å². The van der Waals surface area contributed by atoms with E-state index in [0.717, 1.165) is 5.69 Å². The molecule has 0 aliphatic heterocycles. The second-order valence-electron chi connectivity index (χ2n) is 6.87. The van der Waals surface area contributed by atoms with Crippen LogP contribution in [0.2, 0.25) is 0 Å². The molecule has 7 nitrogen and oxygen atoms in total. The Bertz CT molecular complexity index is 927. The van der Waals surface area contributed by atoms with Gasteiger partial charge in [0, 0.05) is 25.7 Å². The zero-order valence-electron chi connectivity index (χ0n) is 16.4. The molecule has 0 aliphatic carbocycles. The number of rotatable bonds is 9. The molecule has 3 aromatic rings. The lowest BCUT2D eigenvalue weighted by Gasteiger charge is -2.15. The summed E-state index contributed by atoms with van der Waals surface area (Å²) in [5.41, 5.74) is 8.60. The number of aliphatic hydroxyl groups is 1. The van der Waals surface area contributed by atoms with Crippen LogP contribution in [0.4, 0.5) is 0 Å². The van der Waals surface area contributed by atoms with Crippen LogP contribution in [0, 0.1) is 0 Å². The van der Waals surface area contributed by atoms with Gasteiger partial charge in [-0.15, -0.1) is 0 Å². The van der Waals surface area contributed by atoms with Crippen LogP contribution in [-0.2, 0) is 17.8 Å². The second-order valence-corrected chi connectivity index (χ2v) is 6.87. The Kier molecular flexibility index (Phi) is 6.99. The largest absolute Gasteiger partial charge is 0.497 e. The van der Waals surface area contributed by atoms with Crippen LogP contribution in [0.25, 0.3) is 0 Å². The van der Waals surface area contributed by atoms with Crippen molar-refractivity contribution in [1.29, 1.82) is 0 Å². The molecule has 7 heteroatoms. The molecule has 152 valence electrons. The van der Waals surface area contributed by atoms with Gasteiger partial charge < -0.3 is 25.5 Å². The summed E-state index contributed by atoms with van der Waals surface area (Å²) >= 11 is 0. The molecule has 0 saturated heterocycles. The molecule has 4 N–H and O–H groups in total. The number of carbonyl (C=O) groups excluding carboxylic acids is 1. The molecule has 1 amide bonds. The monoisotopic (exact) mass is 394 g/mol. The smallest absolute Gasteiger partial charge is 0.237 e. The van der Waals surface area contributed by atoms with Crippen molar-refractivity contribution in [3.05, 3.63) is 83.9 Å². The topological polar surface area (TPSA) is 102 Å². The fraction of sp³-hybridized carbons (Fsp3) is 0.273. The van der Waals surface area contributed by atoms with Gasteiger partial charge in [-0.1, -0.05) is 42.5 Å². The quantitative estimate of drug-likeness (QED) is 0.512. The maximum Gasteiger partial charge on any atom is 0.237 e. The van der Waals surface area contributed by atoms with Gasteiger partial charge in [0.1, 0.15) is 5.75 Å². The van der Waals surface area contributed by atoms with Gasteiger partial charge in [0.15, 0.2) is 0 Å². The summed E-state index contributed by atoms with van der Waals surface area (Å²) in [7, 11) is 1.56. The molecule has 1 unspecified atom stereocenters. The molecule has 29 heavy (non-hydrogen) atoms. The summed E-state index contributed by atoms with van der Waals surface area (Å²) in [6.45, 7) is 0.782. The molecule has 0 bridgehead atoms. The first kappa shape index (κ1) is 20.6. The summed E-state index contributed by atoms with van der Waals surface area (Å²) < 4.78 is 7.11. The average molecular weight is 394 g/mol. The highest BCUT2D eigenvalue weighted by molar-refractivity contribution is 5.81. The van der Waals surface area contributed by atoms with E-state index in [2.05, 4.69) is 10.3 Å². The summed E-state index contributed by atoms with van der Waals surface area (Å²) in [6.07, 6.45) is 3.11. The van der Waals surface area contributed by atoms with E-state index in [0.29, 0.717) is 24.3 Å². The van der Waals surface area contributed by atoms with E-state index in [1.165, 1.54) is 5.56 Å². The minimum absolute atomic E-state index is 0.0716. The molecular formula is C22H26N4O3. The van der Waals surface area contributed by atoms with Gasteiger partial charge >= 0.3 is 0 Å². The van der Waals surface area contributed by atoms with E-state index in [-0.39, 0.29) is 12.5 Å². The third-order valence-electron chi connectivity index (χ3n) is 4.61. The van der Waals surface area contributed by atoms with E-state index < -0.39 is 12.1 Å². The minimum Gasteiger partial charge on any atom is -0.497 e. The third-order valence-corrected chi connectivity index (χ3v) is 4.61. The number of methoxy groups -OCH3 is 1. The zero-order chi connectivity index (χ0) is 20.6. The lowest BCUT2D eigenvalue weighted by Crippen LogP contribution is -2.43. The Morgan fingerprint density at radius 1 is 1.24 bits per heavy atom. The SMILES string of the molecule is COc1cccc(C(O)CNC(=O)[C@@H](N)Cc2cn(Cc3ccccc3)cn2)c1. The molecule has 2 aromatic carbocycles. The van der Waals surface area contributed by atoms with Crippen molar-refractivity contribution in [2.45, 2.75) is 25.1 Å². The van der Waals surface area contributed by atoms with Gasteiger partial charge in [0.2, 0.25) is 5.91 Å². The van der Waals surface area contributed by atoms with Crippen molar-refractivity contribution in [1.82, 2.24) is 14.9 Å². The lowest BCUT2D eigenvalue weighted by atomic mass is 10.1. The van der Waals surface area contributed by atoms with E-state index in [4.69, 9.17) is 10.5 Å². The van der Waals surface area contributed by atoms with Crippen LogP contribution in [-0.4, -0.2) is 40.3 Å². The van der Waals surface area contributed by atoms with Crippen LogP contribution in [0.3, 0.4) is 0 Å². The predicted octanol–water partition coefficient (Wildman–Crippen LogP) is 1.66. The molecule has 3 rings (SSSR count). The first-order valence-corrected chi connectivity index (χ1v) is 9.45. The fourth-order valence-electron chi connectivity index (χ4n) is 3.01. The fourth-order valence-corrected chi connectivity index (χ4v) is 3.01. The molecule has 2 atom stereocenters. The highest BCUT2D eigenvalue weighted by Crippen LogP contribution is 2.18. The lowest BCUT2D eigenvalue weighted by molar-refractivity contribution is -0.122. The second kappa shape index (κ2) is 9.86. The van der Waals surface area contributed by atoms with Crippen LogP contribution >= 0.6 is 0 Å². The van der Waals surface area contributed by atoms with Crippen molar-refractivity contribution < 1.29 is 14.6 Å². The Labute approximate surface area is 170 Å². The Hall–Kier alpha value is -3.16. The normalized spacial score (nSPS) is 12.9. The molecule has 1 aromatic heterocycles. The summed E-state index contributed by atoms with van der Waals surface area (Å²) in [6, 6.07) is 16.4. The van der Waals surface area contributed by atoms with Crippen LogP contribution < -0.4 is 15.8 Å². The van der Waals surface area contributed by atoms with Gasteiger partial charge in [-0.2, -0.15) is 0 Å². The number of aromatic nitrogens is 2. The van der Waals surface area contributed by atoms with E-state index in [1.54, 1.807) is 37.7 Å². The Morgan fingerprint density at radius 3 is 2.79 bits per heavy atom. The number of hydrogen-bond donors (Lipinski definition) is 3. The van der Waals surface area contributed by atoms with E-state index in [9.17, 15) is 9.90 Å². The predicted molar refractivity (Wildman–Crippen MR) is 110 cm³/mol. The molecule has 1 heterocycles. The number of amides is 1. The number of nitrogens with zero attached hydrogens (tertiary/aromatic N) is 2. The van der Waals surface area contributed by atoms with Crippen LogP contribution in [0.1, 0.15) is 22.9 Å². The number of aliphatic hydroxyl groups excluding tert-OH is 1. The molecule has 0 aliphatic rings. The molecule has 0 radical (unpaired) electrons. The van der Waals surface area contributed by atoms with Gasteiger partial charge in [-0.25, -0.2) is 4.98 Å². The first-order chi connectivity index (χ1) is 14.0. The maximum absolute atomic E-state index is 12.3. The molecule has 0 spiro atoms. The maximum atomic E-state index is 12.3. The highest BCUT2D eigenvalue weighted by Gasteiger charge is 2.17. The highest BCUT2D eigenvalue weighted by atomic mass is 16.5. The van der Waals surface area contributed by atoms with Crippen molar-refractivity contribution in [3.8, 4) is 5.75 Å². The Balaban J connectivity index is 1.49. The van der Waals surface area contributed by atoms with E-state index in [1.807, 2.05) is 41.1 Å². The average Bonchev–Trinajstić information content (AvgIpc) is 3.19. The number of hydrogen-bond acceptors (Lipinski definition) is 5. The number of ether oxygens (including phenoxy) is 1. The van der Waals surface area contributed by atoms with Crippen molar-refractivity contribution in [2.75, 3.05) is 13.7 Å². The third kappa shape index (κ3) is 5.91. The Morgan fingerprint density at radius 2 is 2.03 bits per heavy atom. The van der Waals surface area contributed by atoms with Crippen molar-refractivity contribution in [3.63, 3.8) is 0 Å². The molecular weight excluding hydrogens is 368 g/mol. The molecule has 0 fully saturated rings. The van der Waals surface area contributed by atoms with Crippen LogP contribution in [0.15, 0.2) is 67.1 Å². The number of carbonyl (C=O) groups is 1. The van der Waals surface area contributed by atoms with Gasteiger partial charge in [-0.3, -0.25) is 4.79 Å². The number of benzene rings is 2. The minimum atomic E-state index is -0.841. The van der Waals surface area contributed by atoms with Gasteiger partial charge in [-0.05, 0) is 23.3 Å². The van der Waals surface area contributed by atoms with Crippen molar-refractivity contribution in [2.24, 2.45) is 5.73 Å². The number of nitrogens with one attached hydrogen (secondary N) is 1. The van der Waals surface area contributed by atoms with E-state index >= 15 is 0 Å². The van der Waals surface area contributed by atoms with Gasteiger partial charge in [0.05, 0.1) is 31.3 Å². The summed E-state index contributed by atoms with van der Waals surface area (Å²) in [4.78, 5) is 16.6. The zero-order valence-corrected chi connectivity index (χ0v) is 16.4. The van der Waals surface area contributed by atoms with Gasteiger partial charge in [0.25, 0.3) is 0 Å². The first-order valence-electron chi connectivity index (χ1n) is 9.45. The summed E-state index contributed by atoms with van der Waals surface area (Å²) in [5.74, 6) is 0.320.